The van der Waals surface area contributed by atoms with Gasteiger partial charge in [-0.25, -0.2) is 0 Å². The van der Waals surface area contributed by atoms with E-state index in [0.717, 1.165) is 32.5 Å². The SMILES string of the molecule is O=C(CN(Cc1ccccc1)C(CO)C1CC1)N1CCCCCC1. The molecule has 1 heterocycles. The number of hydrogen-bond acceptors (Lipinski definition) is 3. The zero-order chi connectivity index (χ0) is 16.8. The van der Waals surface area contributed by atoms with Crippen LogP contribution in [0.25, 0.3) is 0 Å². The van der Waals surface area contributed by atoms with Gasteiger partial charge in [0.15, 0.2) is 0 Å². The zero-order valence-electron chi connectivity index (χ0n) is 14.6. The first kappa shape index (κ1) is 17.4. The largest absolute Gasteiger partial charge is 0.395 e. The van der Waals surface area contributed by atoms with Crippen molar-refractivity contribution in [3.05, 3.63) is 35.9 Å². The second kappa shape index (κ2) is 8.63. The number of hydrogen-bond donors (Lipinski definition) is 1. The van der Waals surface area contributed by atoms with E-state index >= 15 is 0 Å². The first-order valence-corrected chi connectivity index (χ1v) is 9.44. The van der Waals surface area contributed by atoms with Crippen LogP contribution in [0.3, 0.4) is 0 Å². The van der Waals surface area contributed by atoms with Gasteiger partial charge in [0.2, 0.25) is 5.91 Å². The standard InChI is InChI=1S/C20H30N2O2/c23-16-19(18-10-11-18)22(14-17-8-4-3-5-9-17)15-20(24)21-12-6-1-2-7-13-21/h3-5,8-9,18-19,23H,1-2,6-7,10-16H2. The lowest BCUT2D eigenvalue weighted by Crippen LogP contribution is -2.46. The highest BCUT2D eigenvalue weighted by Crippen LogP contribution is 2.35. The van der Waals surface area contributed by atoms with E-state index in [1.807, 2.05) is 23.1 Å². The molecule has 0 radical (unpaired) electrons. The molecule has 3 rings (SSSR count). The lowest BCUT2D eigenvalue weighted by atomic mass is 10.1. The summed E-state index contributed by atoms with van der Waals surface area (Å²) in [5.74, 6) is 0.780. The molecule has 0 aromatic heterocycles. The highest BCUT2D eigenvalue weighted by molar-refractivity contribution is 5.78. The zero-order valence-corrected chi connectivity index (χ0v) is 14.6. The van der Waals surface area contributed by atoms with Crippen LogP contribution < -0.4 is 0 Å². The number of carbonyl (C=O) groups excluding carboxylic acids is 1. The van der Waals surface area contributed by atoms with Gasteiger partial charge in [0.1, 0.15) is 0 Å². The Hall–Kier alpha value is -1.39. The fourth-order valence-electron chi connectivity index (χ4n) is 3.75. The van der Waals surface area contributed by atoms with E-state index in [-0.39, 0.29) is 18.6 Å². The summed E-state index contributed by atoms with van der Waals surface area (Å²) < 4.78 is 0. The second-order valence-electron chi connectivity index (χ2n) is 7.27. The number of likely N-dealkylation sites (tertiary alicyclic amines) is 1. The van der Waals surface area contributed by atoms with Crippen LogP contribution in [0.1, 0.15) is 44.1 Å². The van der Waals surface area contributed by atoms with Crippen molar-refractivity contribution in [2.24, 2.45) is 5.92 Å². The van der Waals surface area contributed by atoms with Gasteiger partial charge in [-0.3, -0.25) is 9.69 Å². The fraction of sp³-hybridized carbons (Fsp3) is 0.650. The van der Waals surface area contributed by atoms with E-state index in [4.69, 9.17) is 0 Å². The van der Waals surface area contributed by atoms with Crippen molar-refractivity contribution in [2.75, 3.05) is 26.2 Å². The monoisotopic (exact) mass is 330 g/mol. The van der Waals surface area contributed by atoms with Crippen LogP contribution in [0, 0.1) is 5.92 Å². The van der Waals surface area contributed by atoms with E-state index in [1.165, 1.54) is 31.2 Å². The van der Waals surface area contributed by atoms with Crippen molar-refractivity contribution >= 4 is 5.91 Å². The maximum Gasteiger partial charge on any atom is 0.236 e. The van der Waals surface area contributed by atoms with Crippen LogP contribution in [-0.4, -0.2) is 53.1 Å². The Bertz CT molecular complexity index is 508. The normalized spacial score (nSPS) is 20.0. The quantitative estimate of drug-likeness (QED) is 0.836. The lowest BCUT2D eigenvalue weighted by molar-refractivity contribution is -0.133. The maximum atomic E-state index is 12.8. The first-order valence-electron chi connectivity index (χ1n) is 9.44. The van der Waals surface area contributed by atoms with Gasteiger partial charge in [0.05, 0.1) is 13.2 Å². The van der Waals surface area contributed by atoms with Crippen molar-refractivity contribution in [3.63, 3.8) is 0 Å². The molecule has 24 heavy (non-hydrogen) atoms. The third kappa shape index (κ3) is 4.81. The molecule has 4 heteroatoms. The molecular formula is C20H30N2O2. The minimum absolute atomic E-state index is 0.112. The van der Waals surface area contributed by atoms with Gasteiger partial charge in [-0.15, -0.1) is 0 Å². The molecule has 132 valence electrons. The van der Waals surface area contributed by atoms with Crippen LogP contribution in [0.5, 0.6) is 0 Å². The highest BCUT2D eigenvalue weighted by atomic mass is 16.3. The van der Waals surface area contributed by atoms with Gasteiger partial charge in [0, 0.05) is 25.7 Å². The van der Waals surface area contributed by atoms with Crippen LogP contribution >= 0.6 is 0 Å². The summed E-state index contributed by atoms with van der Waals surface area (Å²) in [4.78, 5) is 17.1. The first-order chi connectivity index (χ1) is 11.8. The van der Waals surface area contributed by atoms with E-state index in [2.05, 4.69) is 17.0 Å². The molecule has 0 bridgehead atoms. The molecule has 1 aromatic rings. The average molecular weight is 330 g/mol. The summed E-state index contributed by atoms with van der Waals surface area (Å²) in [7, 11) is 0. The van der Waals surface area contributed by atoms with Gasteiger partial charge in [-0.2, -0.15) is 0 Å². The molecular weight excluding hydrogens is 300 g/mol. The van der Waals surface area contributed by atoms with Gasteiger partial charge in [-0.05, 0) is 37.2 Å². The summed E-state index contributed by atoms with van der Waals surface area (Å²) in [6.45, 7) is 3.10. The van der Waals surface area contributed by atoms with Crippen molar-refractivity contribution in [1.82, 2.24) is 9.80 Å². The Labute approximate surface area is 145 Å². The van der Waals surface area contributed by atoms with Crippen LogP contribution in [0.15, 0.2) is 30.3 Å². The summed E-state index contributed by atoms with van der Waals surface area (Å²) in [6, 6.07) is 10.4. The lowest BCUT2D eigenvalue weighted by Gasteiger charge is -2.32. The number of rotatable bonds is 7. The Morgan fingerprint density at radius 2 is 1.79 bits per heavy atom. The molecule has 1 atom stereocenters. The van der Waals surface area contributed by atoms with Crippen molar-refractivity contribution in [3.8, 4) is 0 Å². The molecule has 1 amide bonds. The molecule has 1 aliphatic heterocycles. The number of aliphatic hydroxyl groups is 1. The Balaban J connectivity index is 1.67. The van der Waals surface area contributed by atoms with E-state index < -0.39 is 0 Å². The molecule has 4 nitrogen and oxygen atoms in total. The smallest absolute Gasteiger partial charge is 0.236 e. The number of aliphatic hydroxyl groups excluding tert-OH is 1. The average Bonchev–Trinajstić information content (AvgIpc) is 3.43. The number of carbonyl (C=O) groups is 1. The molecule has 1 aliphatic carbocycles. The molecule has 1 saturated heterocycles. The number of nitrogens with zero attached hydrogens (tertiary/aromatic N) is 2. The molecule has 2 fully saturated rings. The third-order valence-electron chi connectivity index (χ3n) is 5.35. The summed E-state index contributed by atoms with van der Waals surface area (Å²) in [5, 5.41) is 9.89. The van der Waals surface area contributed by atoms with E-state index in [9.17, 15) is 9.90 Å². The maximum absolute atomic E-state index is 12.8. The van der Waals surface area contributed by atoms with Crippen LogP contribution in [0.2, 0.25) is 0 Å². The van der Waals surface area contributed by atoms with Crippen LogP contribution in [0.4, 0.5) is 0 Å². The Morgan fingerprint density at radius 3 is 2.38 bits per heavy atom. The minimum Gasteiger partial charge on any atom is -0.395 e. The topological polar surface area (TPSA) is 43.8 Å². The predicted octanol–water partition coefficient (Wildman–Crippen LogP) is 2.66. The Kier molecular flexibility index (Phi) is 6.27. The van der Waals surface area contributed by atoms with Gasteiger partial charge in [0.25, 0.3) is 0 Å². The van der Waals surface area contributed by atoms with E-state index in [1.54, 1.807) is 0 Å². The Morgan fingerprint density at radius 1 is 1.12 bits per heavy atom. The molecule has 1 N–H and O–H groups in total. The second-order valence-corrected chi connectivity index (χ2v) is 7.27. The molecule has 1 aromatic carbocycles. The molecule has 0 spiro atoms. The summed E-state index contributed by atoms with van der Waals surface area (Å²) in [5.41, 5.74) is 1.21. The molecule has 1 unspecified atom stereocenters. The molecule has 2 aliphatic rings. The summed E-state index contributed by atoms with van der Waals surface area (Å²) in [6.07, 6.45) is 7.06. The van der Waals surface area contributed by atoms with Crippen molar-refractivity contribution in [2.45, 2.75) is 51.1 Å². The van der Waals surface area contributed by atoms with Gasteiger partial charge in [-0.1, -0.05) is 43.2 Å². The predicted molar refractivity (Wildman–Crippen MR) is 95.5 cm³/mol. The van der Waals surface area contributed by atoms with Gasteiger partial charge < -0.3 is 10.0 Å². The van der Waals surface area contributed by atoms with Crippen molar-refractivity contribution < 1.29 is 9.90 Å². The number of amides is 1. The third-order valence-corrected chi connectivity index (χ3v) is 5.35. The number of benzene rings is 1. The molecule has 1 saturated carbocycles. The fourth-order valence-corrected chi connectivity index (χ4v) is 3.75. The highest BCUT2D eigenvalue weighted by Gasteiger charge is 2.36. The minimum atomic E-state index is 0.112. The van der Waals surface area contributed by atoms with Crippen LogP contribution in [-0.2, 0) is 11.3 Å². The van der Waals surface area contributed by atoms with Gasteiger partial charge >= 0.3 is 0 Å². The van der Waals surface area contributed by atoms with E-state index in [0.29, 0.717) is 12.5 Å². The van der Waals surface area contributed by atoms with Crippen molar-refractivity contribution in [1.29, 1.82) is 0 Å². The summed E-state index contributed by atoms with van der Waals surface area (Å²) >= 11 is 0.